The molecule has 0 bridgehead atoms. The number of benzene rings is 1. The molecule has 0 saturated carbocycles. The van der Waals surface area contributed by atoms with Crippen molar-refractivity contribution in [3.8, 4) is 0 Å². The molecular weight excluding hydrogens is 518 g/mol. The highest BCUT2D eigenvalue weighted by Gasteiger charge is 2.23. The summed E-state index contributed by atoms with van der Waals surface area (Å²) in [7, 11) is 1.40. The molecule has 2 N–H and O–H groups in total. The van der Waals surface area contributed by atoms with Crippen molar-refractivity contribution in [3.05, 3.63) is 34.1 Å². The molecule has 0 radical (unpaired) electrons. The summed E-state index contributed by atoms with van der Waals surface area (Å²) < 4.78 is 18.8. The molecule has 1 saturated heterocycles. The molecule has 1 aromatic rings. The maximum Gasteiger partial charge on any atom is 0.409 e. The number of carbonyl (C=O) groups excluding carboxylic acids is 1. The van der Waals surface area contributed by atoms with Crippen molar-refractivity contribution in [2.75, 3.05) is 26.7 Å². The van der Waals surface area contributed by atoms with Crippen LogP contribution in [0.4, 0.5) is 9.18 Å². The maximum absolute atomic E-state index is 13.6. The third-order valence-corrected chi connectivity index (χ3v) is 4.66. The Labute approximate surface area is 179 Å². The first-order chi connectivity index (χ1) is 12.0. The number of likely N-dealkylation sites (tertiary alicyclic amines) is 1. The smallest absolute Gasteiger partial charge is 0.409 e. The molecule has 0 spiro atoms. The van der Waals surface area contributed by atoms with Crippen LogP contribution in [-0.2, 0) is 11.3 Å². The molecule has 1 aliphatic rings. The average molecular weight is 543 g/mol. The molecule has 9 heteroatoms. The number of carbonyl (C=O) groups is 1. The summed E-state index contributed by atoms with van der Waals surface area (Å²) in [5, 5.41) is 6.59. The Balaban J connectivity index is 0.00000338. The summed E-state index contributed by atoms with van der Waals surface area (Å²) in [6, 6.07) is 5.24. The van der Waals surface area contributed by atoms with E-state index in [0.29, 0.717) is 30.1 Å². The summed E-state index contributed by atoms with van der Waals surface area (Å²) in [5.74, 6) is 0.406. The van der Waals surface area contributed by atoms with Gasteiger partial charge in [0.25, 0.3) is 0 Å². The van der Waals surface area contributed by atoms with E-state index in [-0.39, 0.29) is 41.9 Å². The van der Waals surface area contributed by atoms with Crippen LogP contribution in [0.2, 0.25) is 0 Å². The number of amides is 1. The number of halogens is 3. The minimum atomic E-state index is -0.291. The first-order valence-corrected chi connectivity index (χ1v) is 9.14. The summed E-state index contributed by atoms with van der Waals surface area (Å²) >= 11 is 3.15. The number of ether oxygens (including phenoxy) is 1. The van der Waals surface area contributed by atoms with Gasteiger partial charge in [0.15, 0.2) is 5.96 Å². The van der Waals surface area contributed by atoms with E-state index in [0.717, 1.165) is 24.9 Å². The van der Waals surface area contributed by atoms with E-state index < -0.39 is 0 Å². The molecule has 6 nitrogen and oxygen atoms in total. The number of nitrogens with one attached hydrogen (secondary N) is 2. The van der Waals surface area contributed by atoms with E-state index in [9.17, 15) is 9.18 Å². The van der Waals surface area contributed by atoms with Crippen LogP contribution in [-0.4, -0.2) is 49.7 Å². The van der Waals surface area contributed by atoms with Gasteiger partial charge in [0, 0.05) is 25.7 Å². The van der Waals surface area contributed by atoms with Crippen molar-refractivity contribution in [3.63, 3.8) is 0 Å². The maximum atomic E-state index is 13.6. The SMILES string of the molecule is CCNC(=NCc1ccc(Br)c(F)c1)NC1CCN(C(=O)OC)CC1.I. The number of methoxy groups -OCH3 is 1. The quantitative estimate of drug-likeness (QED) is 0.347. The number of hydrogen-bond donors (Lipinski definition) is 2. The Bertz CT molecular complexity index is 625. The molecule has 1 fully saturated rings. The van der Waals surface area contributed by atoms with Gasteiger partial charge in [-0.15, -0.1) is 24.0 Å². The lowest BCUT2D eigenvalue weighted by molar-refractivity contribution is 0.111. The Morgan fingerprint density at radius 3 is 2.69 bits per heavy atom. The van der Waals surface area contributed by atoms with E-state index in [4.69, 9.17) is 4.74 Å². The van der Waals surface area contributed by atoms with Crippen LogP contribution < -0.4 is 10.6 Å². The van der Waals surface area contributed by atoms with E-state index in [1.54, 1.807) is 11.0 Å². The normalized spacial score (nSPS) is 15.2. The monoisotopic (exact) mass is 542 g/mol. The Kier molecular flexibility index (Phi) is 10.2. The fourth-order valence-electron chi connectivity index (χ4n) is 2.66. The van der Waals surface area contributed by atoms with Gasteiger partial charge in [-0.25, -0.2) is 14.2 Å². The van der Waals surface area contributed by atoms with Crippen LogP contribution in [0.25, 0.3) is 0 Å². The third kappa shape index (κ3) is 6.90. The molecule has 1 aromatic carbocycles. The zero-order valence-electron chi connectivity index (χ0n) is 14.9. The van der Waals surface area contributed by atoms with Crippen LogP contribution in [0.1, 0.15) is 25.3 Å². The van der Waals surface area contributed by atoms with Gasteiger partial charge < -0.3 is 20.3 Å². The van der Waals surface area contributed by atoms with Gasteiger partial charge in [-0.2, -0.15) is 0 Å². The minimum Gasteiger partial charge on any atom is -0.453 e. The van der Waals surface area contributed by atoms with Gasteiger partial charge in [-0.1, -0.05) is 6.07 Å². The Hall–Kier alpha value is -1.10. The van der Waals surface area contributed by atoms with E-state index in [2.05, 4.69) is 31.6 Å². The van der Waals surface area contributed by atoms with Crippen molar-refractivity contribution < 1.29 is 13.9 Å². The zero-order chi connectivity index (χ0) is 18.2. The fourth-order valence-corrected chi connectivity index (χ4v) is 2.90. The largest absolute Gasteiger partial charge is 0.453 e. The van der Waals surface area contributed by atoms with E-state index in [1.807, 2.05) is 13.0 Å². The van der Waals surface area contributed by atoms with Crippen molar-refractivity contribution in [1.82, 2.24) is 15.5 Å². The van der Waals surface area contributed by atoms with E-state index in [1.165, 1.54) is 13.2 Å². The van der Waals surface area contributed by atoms with Crippen LogP contribution in [0.15, 0.2) is 27.7 Å². The van der Waals surface area contributed by atoms with Crippen molar-refractivity contribution in [1.29, 1.82) is 0 Å². The average Bonchev–Trinajstić information content (AvgIpc) is 2.62. The number of hydrogen-bond acceptors (Lipinski definition) is 3. The molecule has 0 aromatic heterocycles. The molecule has 146 valence electrons. The lowest BCUT2D eigenvalue weighted by Crippen LogP contribution is -2.49. The molecular formula is C17H25BrFIN4O2. The van der Waals surface area contributed by atoms with Crippen molar-refractivity contribution in [2.45, 2.75) is 32.4 Å². The lowest BCUT2D eigenvalue weighted by Gasteiger charge is -2.32. The van der Waals surface area contributed by atoms with Crippen molar-refractivity contribution >= 4 is 52.0 Å². The van der Waals surface area contributed by atoms with Gasteiger partial charge in [0.2, 0.25) is 0 Å². The number of guanidine groups is 1. The number of rotatable bonds is 4. The third-order valence-electron chi connectivity index (χ3n) is 4.02. The first kappa shape index (κ1) is 22.9. The van der Waals surface area contributed by atoms with Crippen LogP contribution in [0.5, 0.6) is 0 Å². The predicted molar refractivity (Wildman–Crippen MR) is 114 cm³/mol. The van der Waals surface area contributed by atoms with Gasteiger partial charge in [-0.05, 0) is 53.4 Å². The topological polar surface area (TPSA) is 66.0 Å². The minimum absolute atomic E-state index is 0. The second kappa shape index (κ2) is 11.6. The summed E-state index contributed by atoms with van der Waals surface area (Å²) in [4.78, 5) is 17.7. The van der Waals surface area contributed by atoms with Gasteiger partial charge in [0.1, 0.15) is 5.82 Å². The Morgan fingerprint density at radius 1 is 1.42 bits per heavy atom. The van der Waals surface area contributed by atoms with Gasteiger partial charge in [0.05, 0.1) is 18.1 Å². The first-order valence-electron chi connectivity index (χ1n) is 8.35. The number of nitrogens with zero attached hydrogens (tertiary/aromatic N) is 2. The molecule has 0 atom stereocenters. The molecule has 0 unspecified atom stereocenters. The van der Waals surface area contributed by atoms with Crippen LogP contribution >= 0.6 is 39.9 Å². The number of piperidine rings is 1. The highest BCUT2D eigenvalue weighted by atomic mass is 127. The summed E-state index contributed by atoms with van der Waals surface area (Å²) in [5.41, 5.74) is 0.804. The van der Waals surface area contributed by atoms with Gasteiger partial charge >= 0.3 is 6.09 Å². The van der Waals surface area contributed by atoms with Gasteiger partial charge in [-0.3, -0.25) is 0 Å². The zero-order valence-corrected chi connectivity index (χ0v) is 18.8. The summed E-state index contributed by atoms with van der Waals surface area (Å²) in [6.07, 6.45) is 1.37. The fraction of sp³-hybridized carbons (Fsp3) is 0.529. The molecule has 2 rings (SSSR count). The second-order valence-corrected chi connectivity index (χ2v) is 6.67. The molecule has 1 aliphatic heterocycles. The van der Waals surface area contributed by atoms with E-state index >= 15 is 0 Å². The summed E-state index contributed by atoms with van der Waals surface area (Å²) in [6.45, 7) is 4.43. The van der Waals surface area contributed by atoms with Crippen LogP contribution in [0.3, 0.4) is 0 Å². The second-order valence-electron chi connectivity index (χ2n) is 5.82. The molecule has 1 amide bonds. The predicted octanol–water partition coefficient (Wildman–Crippen LogP) is 3.49. The van der Waals surface area contributed by atoms with Crippen LogP contribution in [0, 0.1) is 5.82 Å². The highest BCUT2D eigenvalue weighted by molar-refractivity contribution is 14.0. The molecule has 0 aliphatic carbocycles. The van der Waals surface area contributed by atoms with Crippen molar-refractivity contribution in [2.24, 2.45) is 4.99 Å². The number of aliphatic imine (C=N–C) groups is 1. The molecule has 1 heterocycles. The standard InChI is InChI=1S/C17H24BrFN4O2.HI/c1-3-20-16(21-11-12-4-5-14(18)15(19)10-12)22-13-6-8-23(9-7-13)17(24)25-2;/h4-5,10,13H,3,6-9,11H2,1-2H3,(H2,20,21,22);1H. The lowest BCUT2D eigenvalue weighted by atomic mass is 10.1. The molecule has 26 heavy (non-hydrogen) atoms. The highest BCUT2D eigenvalue weighted by Crippen LogP contribution is 2.17. The Morgan fingerprint density at radius 2 is 2.12 bits per heavy atom.